The summed E-state index contributed by atoms with van der Waals surface area (Å²) in [6, 6.07) is 10.5. The normalized spacial score (nSPS) is 26.1. The van der Waals surface area contributed by atoms with Crippen LogP contribution in [-0.4, -0.2) is 12.1 Å². The average Bonchev–Trinajstić information content (AvgIpc) is 2.48. The summed E-state index contributed by atoms with van der Waals surface area (Å²) in [5.74, 6) is 0.651. The fourth-order valence-electron chi connectivity index (χ4n) is 3.56. The van der Waals surface area contributed by atoms with Gasteiger partial charge in [0.15, 0.2) is 0 Å². The molecule has 0 N–H and O–H groups in total. The van der Waals surface area contributed by atoms with Crippen molar-refractivity contribution in [2.24, 2.45) is 11.8 Å². The van der Waals surface area contributed by atoms with Gasteiger partial charge in [-0.05, 0) is 29.7 Å². The minimum absolute atomic E-state index is 0.00643. The fraction of sp³-hybridized carbons (Fsp3) is 0.526. The summed E-state index contributed by atoms with van der Waals surface area (Å²) in [7, 11) is 0. The lowest BCUT2D eigenvalue weighted by atomic mass is 9.64. The van der Waals surface area contributed by atoms with Gasteiger partial charge < -0.3 is 4.74 Å². The Labute approximate surface area is 128 Å². The molecule has 2 nitrogen and oxygen atoms in total. The summed E-state index contributed by atoms with van der Waals surface area (Å²) in [5.41, 5.74) is 1.30. The van der Waals surface area contributed by atoms with Crippen molar-refractivity contribution in [3.8, 4) is 0 Å². The average molecular weight is 286 g/mol. The van der Waals surface area contributed by atoms with Crippen molar-refractivity contribution in [2.75, 3.05) is 0 Å². The molecule has 0 saturated heterocycles. The van der Waals surface area contributed by atoms with E-state index in [1.54, 1.807) is 0 Å². The van der Waals surface area contributed by atoms with Gasteiger partial charge in [-0.15, -0.1) is 0 Å². The topological polar surface area (TPSA) is 26.3 Å². The van der Waals surface area contributed by atoms with E-state index in [1.165, 1.54) is 18.1 Å². The Kier molecular flexibility index (Phi) is 4.87. The maximum atomic E-state index is 11.7. The summed E-state index contributed by atoms with van der Waals surface area (Å²) >= 11 is 0. The van der Waals surface area contributed by atoms with Gasteiger partial charge in [-0.25, -0.2) is 4.79 Å². The third-order valence-electron chi connectivity index (χ3n) is 4.93. The zero-order valence-corrected chi connectivity index (χ0v) is 13.3. The lowest BCUT2D eigenvalue weighted by Gasteiger charge is -2.43. The van der Waals surface area contributed by atoms with Crippen molar-refractivity contribution in [3.05, 3.63) is 48.6 Å². The Morgan fingerprint density at radius 3 is 2.57 bits per heavy atom. The van der Waals surface area contributed by atoms with E-state index in [2.05, 4.69) is 51.6 Å². The molecule has 1 aromatic carbocycles. The molecule has 2 heteroatoms. The van der Waals surface area contributed by atoms with E-state index in [0.717, 1.165) is 12.8 Å². The van der Waals surface area contributed by atoms with E-state index < -0.39 is 0 Å². The Morgan fingerprint density at radius 2 is 1.95 bits per heavy atom. The first kappa shape index (κ1) is 15.8. The first-order chi connectivity index (χ1) is 9.95. The van der Waals surface area contributed by atoms with Crippen LogP contribution in [-0.2, 0) is 14.9 Å². The van der Waals surface area contributed by atoms with Gasteiger partial charge in [0.25, 0.3) is 0 Å². The Hall–Kier alpha value is -1.57. The quantitative estimate of drug-likeness (QED) is 0.602. The van der Waals surface area contributed by atoms with Gasteiger partial charge in [0.2, 0.25) is 0 Å². The number of esters is 1. The standard InChI is InChI=1S/C19H26O2/c1-5-18(20)21-17-13-14(2)11-12-16(17)19(3,4)15-9-7-6-8-10-15/h5-10,14,16-17H,1,11-13H2,2-4H3/t14-,16-,17-/m1/s1. The molecule has 0 aromatic heterocycles. The summed E-state index contributed by atoms with van der Waals surface area (Å²) in [4.78, 5) is 11.7. The predicted octanol–water partition coefficient (Wildman–Crippen LogP) is 4.50. The maximum Gasteiger partial charge on any atom is 0.330 e. The van der Waals surface area contributed by atoms with Gasteiger partial charge >= 0.3 is 5.97 Å². The van der Waals surface area contributed by atoms with Gasteiger partial charge in [-0.3, -0.25) is 0 Å². The molecule has 114 valence electrons. The molecule has 0 heterocycles. The number of carbonyl (C=O) groups is 1. The number of hydrogen-bond acceptors (Lipinski definition) is 2. The molecule has 0 amide bonds. The monoisotopic (exact) mass is 286 g/mol. The number of rotatable bonds is 4. The molecule has 1 fully saturated rings. The van der Waals surface area contributed by atoms with Crippen molar-refractivity contribution in [3.63, 3.8) is 0 Å². The highest BCUT2D eigenvalue weighted by atomic mass is 16.5. The number of benzene rings is 1. The predicted molar refractivity (Wildman–Crippen MR) is 86.1 cm³/mol. The zero-order valence-electron chi connectivity index (χ0n) is 13.3. The van der Waals surface area contributed by atoms with Crippen LogP contribution < -0.4 is 0 Å². The minimum atomic E-state index is -0.303. The van der Waals surface area contributed by atoms with Gasteiger partial charge in [-0.1, -0.05) is 64.1 Å². The van der Waals surface area contributed by atoms with Crippen LogP contribution in [0.15, 0.2) is 43.0 Å². The van der Waals surface area contributed by atoms with E-state index in [1.807, 2.05) is 6.07 Å². The molecule has 3 atom stereocenters. The van der Waals surface area contributed by atoms with Crippen LogP contribution in [0, 0.1) is 11.8 Å². The third kappa shape index (κ3) is 3.55. The van der Waals surface area contributed by atoms with E-state index in [9.17, 15) is 4.79 Å². The molecule has 1 aliphatic rings. The first-order valence-electron chi connectivity index (χ1n) is 7.83. The smallest absolute Gasteiger partial charge is 0.330 e. The molecule has 2 rings (SSSR count). The van der Waals surface area contributed by atoms with Crippen LogP contribution >= 0.6 is 0 Å². The number of carbonyl (C=O) groups excluding carboxylic acids is 1. The molecular formula is C19H26O2. The Balaban J connectivity index is 2.25. The lowest BCUT2D eigenvalue weighted by molar-refractivity contribution is -0.150. The van der Waals surface area contributed by atoms with Gasteiger partial charge in [0.1, 0.15) is 6.10 Å². The Bertz CT molecular complexity index is 490. The summed E-state index contributed by atoms with van der Waals surface area (Å²) in [6.07, 6.45) is 4.49. The van der Waals surface area contributed by atoms with E-state index in [0.29, 0.717) is 11.8 Å². The van der Waals surface area contributed by atoms with E-state index in [4.69, 9.17) is 4.74 Å². The van der Waals surface area contributed by atoms with Crippen molar-refractivity contribution in [2.45, 2.75) is 51.6 Å². The highest BCUT2D eigenvalue weighted by Gasteiger charge is 2.41. The van der Waals surface area contributed by atoms with Crippen molar-refractivity contribution >= 4 is 5.97 Å². The molecular weight excluding hydrogens is 260 g/mol. The lowest BCUT2D eigenvalue weighted by Crippen LogP contribution is -2.43. The fourth-order valence-corrected chi connectivity index (χ4v) is 3.56. The van der Waals surface area contributed by atoms with E-state index >= 15 is 0 Å². The molecule has 0 radical (unpaired) electrons. The summed E-state index contributed by atoms with van der Waals surface area (Å²) in [6.45, 7) is 10.3. The van der Waals surface area contributed by atoms with Gasteiger partial charge in [-0.2, -0.15) is 0 Å². The van der Waals surface area contributed by atoms with Crippen LogP contribution in [0.5, 0.6) is 0 Å². The zero-order chi connectivity index (χ0) is 15.5. The van der Waals surface area contributed by atoms with Crippen LogP contribution in [0.3, 0.4) is 0 Å². The third-order valence-corrected chi connectivity index (χ3v) is 4.93. The number of hydrogen-bond donors (Lipinski definition) is 0. The van der Waals surface area contributed by atoms with Gasteiger partial charge in [0, 0.05) is 12.0 Å². The van der Waals surface area contributed by atoms with Crippen molar-refractivity contribution in [1.82, 2.24) is 0 Å². The second-order valence-corrected chi connectivity index (χ2v) is 6.79. The van der Waals surface area contributed by atoms with Gasteiger partial charge in [0.05, 0.1) is 0 Å². The molecule has 0 bridgehead atoms. The summed E-state index contributed by atoms with van der Waals surface area (Å²) in [5, 5.41) is 0. The largest absolute Gasteiger partial charge is 0.459 e. The van der Waals surface area contributed by atoms with E-state index in [-0.39, 0.29) is 17.5 Å². The molecule has 1 aromatic rings. The first-order valence-corrected chi connectivity index (χ1v) is 7.83. The number of ether oxygens (including phenoxy) is 1. The maximum absolute atomic E-state index is 11.7. The van der Waals surface area contributed by atoms with Crippen LogP contribution in [0.1, 0.15) is 45.6 Å². The molecule has 0 aliphatic heterocycles. The van der Waals surface area contributed by atoms with Crippen molar-refractivity contribution in [1.29, 1.82) is 0 Å². The SMILES string of the molecule is C=CC(=O)O[C@@H]1C[C@H](C)CC[C@H]1C(C)(C)c1ccccc1. The molecule has 1 saturated carbocycles. The highest BCUT2D eigenvalue weighted by Crippen LogP contribution is 2.43. The van der Waals surface area contributed by atoms with Crippen LogP contribution in [0.2, 0.25) is 0 Å². The van der Waals surface area contributed by atoms with Crippen LogP contribution in [0.25, 0.3) is 0 Å². The highest BCUT2D eigenvalue weighted by molar-refractivity contribution is 5.81. The molecule has 21 heavy (non-hydrogen) atoms. The van der Waals surface area contributed by atoms with Crippen LogP contribution in [0.4, 0.5) is 0 Å². The summed E-state index contributed by atoms with van der Waals surface area (Å²) < 4.78 is 5.67. The second-order valence-electron chi connectivity index (χ2n) is 6.79. The second kappa shape index (κ2) is 6.46. The van der Waals surface area contributed by atoms with Crippen molar-refractivity contribution < 1.29 is 9.53 Å². The minimum Gasteiger partial charge on any atom is -0.459 e. The molecule has 0 spiro atoms. The Morgan fingerprint density at radius 1 is 1.29 bits per heavy atom. The molecule has 1 aliphatic carbocycles. The molecule has 0 unspecified atom stereocenters.